The lowest BCUT2D eigenvalue weighted by Gasteiger charge is -2.32. The fourth-order valence-electron chi connectivity index (χ4n) is 4.38. The molecule has 1 atom stereocenters. The summed E-state index contributed by atoms with van der Waals surface area (Å²) >= 11 is 0. The Kier molecular flexibility index (Phi) is 6.91. The van der Waals surface area contributed by atoms with Crippen LogP contribution in [0.15, 0.2) is 65.3 Å². The predicted molar refractivity (Wildman–Crippen MR) is 126 cm³/mol. The minimum atomic E-state index is -0.681. The number of ketones is 1. The van der Waals surface area contributed by atoms with Crippen LogP contribution in [-0.2, 0) is 25.7 Å². The van der Waals surface area contributed by atoms with Crippen molar-refractivity contribution in [2.24, 2.45) is 5.73 Å². The predicted octanol–water partition coefficient (Wildman–Crippen LogP) is 4.44. The summed E-state index contributed by atoms with van der Waals surface area (Å²) in [6, 6.07) is 13.3. The number of nitrogens with two attached hydrogens (primary N) is 1. The van der Waals surface area contributed by atoms with E-state index in [1.54, 1.807) is 14.0 Å². The van der Waals surface area contributed by atoms with Crippen molar-refractivity contribution in [3.63, 3.8) is 0 Å². The third-order valence-corrected chi connectivity index (χ3v) is 6.03. The number of benzene rings is 2. The lowest BCUT2D eigenvalue weighted by Crippen LogP contribution is -2.31. The minimum absolute atomic E-state index is 0.0230. The molecule has 2 aliphatic rings. The third kappa shape index (κ3) is 4.64. The second-order valence-corrected chi connectivity index (χ2v) is 8.32. The standard InChI is InChI=1S/C27H29NO6/c1-4-32-27(30)25-23(24-20(29)6-5-7-22(24)34-26(25)28)17-10-13-21(31-3)18(14-17)15-33-19-11-8-16(2)9-12-19/h8-14,23H,4-7,15,28H2,1-3H3/t23-/m0/s1. The Morgan fingerprint density at radius 3 is 2.62 bits per heavy atom. The van der Waals surface area contributed by atoms with Crippen LogP contribution in [0.4, 0.5) is 0 Å². The highest BCUT2D eigenvalue weighted by Gasteiger charge is 2.41. The first-order valence-corrected chi connectivity index (χ1v) is 11.4. The normalized spacial score (nSPS) is 17.7. The Morgan fingerprint density at radius 2 is 1.91 bits per heavy atom. The summed E-state index contributed by atoms with van der Waals surface area (Å²) in [5.74, 6) is 0.552. The molecular formula is C27H29NO6. The maximum Gasteiger partial charge on any atom is 0.340 e. The summed E-state index contributed by atoms with van der Waals surface area (Å²) in [6.45, 7) is 4.16. The van der Waals surface area contributed by atoms with Gasteiger partial charge in [0.05, 0.1) is 19.6 Å². The molecule has 178 valence electrons. The summed E-state index contributed by atoms with van der Waals surface area (Å²) in [4.78, 5) is 25.9. The van der Waals surface area contributed by atoms with Crippen LogP contribution in [0.2, 0.25) is 0 Å². The van der Waals surface area contributed by atoms with Crippen LogP contribution >= 0.6 is 0 Å². The van der Waals surface area contributed by atoms with Crippen molar-refractivity contribution in [2.45, 2.75) is 45.6 Å². The van der Waals surface area contributed by atoms with Crippen LogP contribution in [0.3, 0.4) is 0 Å². The molecule has 2 aromatic rings. The molecule has 1 aliphatic carbocycles. The smallest absolute Gasteiger partial charge is 0.340 e. The van der Waals surface area contributed by atoms with Crippen molar-refractivity contribution in [3.05, 3.63) is 81.9 Å². The maximum absolute atomic E-state index is 13.0. The van der Waals surface area contributed by atoms with Gasteiger partial charge < -0.3 is 24.7 Å². The number of hydrogen-bond acceptors (Lipinski definition) is 7. The Balaban J connectivity index is 1.75. The van der Waals surface area contributed by atoms with Gasteiger partial charge in [0.15, 0.2) is 5.78 Å². The Morgan fingerprint density at radius 1 is 1.15 bits per heavy atom. The number of esters is 1. The molecule has 2 N–H and O–H groups in total. The first-order chi connectivity index (χ1) is 16.4. The van der Waals surface area contributed by atoms with E-state index in [4.69, 9.17) is 24.7 Å². The molecule has 7 heteroatoms. The van der Waals surface area contributed by atoms with E-state index in [0.717, 1.165) is 22.4 Å². The topological polar surface area (TPSA) is 97.1 Å². The second-order valence-electron chi connectivity index (χ2n) is 8.32. The zero-order chi connectivity index (χ0) is 24.2. The molecule has 0 amide bonds. The number of ether oxygens (including phenoxy) is 4. The maximum atomic E-state index is 13.0. The second kappa shape index (κ2) is 10.0. The summed E-state index contributed by atoms with van der Waals surface area (Å²) in [6.07, 6.45) is 1.67. The van der Waals surface area contributed by atoms with Gasteiger partial charge in [-0.15, -0.1) is 0 Å². The van der Waals surface area contributed by atoms with E-state index in [1.165, 1.54) is 0 Å². The zero-order valence-corrected chi connectivity index (χ0v) is 19.7. The first kappa shape index (κ1) is 23.4. The minimum Gasteiger partial charge on any atom is -0.496 e. The van der Waals surface area contributed by atoms with E-state index in [-0.39, 0.29) is 30.5 Å². The van der Waals surface area contributed by atoms with Crippen molar-refractivity contribution >= 4 is 11.8 Å². The largest absolute Gasteiger partial charge is 0.496 e. The van der Waals surface area contributed by atoms with E-state index in [0.29, 0.717) is 36.3 Å². The third-order valence-electron chi connectivity index (χ3n) is 6.03. The number of aryl methyl sites for hydroxylation is 1. The monoisotopic (exact) mass is 463 g/mol. The molecule has 34 heavy (non-hydrogen) atoms. The van der Waals surface area contributed by atoms with Gasteiger partial charge in [-0.3, -0.25) is 4.79 Å². The lowest BCUT2D eigenvalue weighted by molar-refractivity contribution is -0.139. The summed E-state index contributed by atoms with van der Waals surface area (Å²) in [5.41, 5.74) is 9.45. The van der Waals surface area contributed by atoms with Crippen molar-refractivity contribution in [2.75, 3.05) is 13.7 Å². The average Bonchev–Trinajstić information content (AvgIpc) is 2.83. The molecule has 0 unspecified atom stereocenters. The number of Topliss-reactive ketones (excluding diaryl/α,β-unsaturated/α-hetero) is 1. The van der Waals surface area contributed by atoms with E-state index in [1.807, 2.05) is 49.4 Å². The van der Waals surface area contributed by atoms with Gasteiger partial charge in [0.2, 0.25) is 5.88 Å². The average molecular weight is 464 g/mol. The van der Waals surface area contributed by atoms with Crippen LogP contribution < -0.4 is 15.2 Å². The van der Waals surface area contributed by atoms with Gasteiger partial charge in [0, 0.05) is 24.0 Å². The molecular weight excluding hydrogens is 434 g/mol. The van der Waals surface area contributed by atoms with Crippen molar-refractivity contribution in [3.8, 4) is 11.5 Å². The van der Waals surface area contributed by atoms with Gasteiger partial charge in [-0.25, -0.2) is 4.79 Å². The Labute approximate surface area is 199 Å². The van der Waals surface area contributed by atoms with Gasteiger partial charge in [0.25, 0.3) is 0 Å². The van der Waals surface area contributed by atoms with Gasteiger partial charge >= 0.3 is 5.97 Å². The highest BCUT2D eigenvalue weighted by atomic mass is 16.5. The Bertz CT molecular complexity index is 1160. The molecule has 7 nitrogen and oxygen atoms in total. The summed E-state index contributed by atoms with van der Waals surface area (Å²) in [5, 5.41) is 0. The molecule has 0 saturated carbocycles. The summed E-state index contributed by atoms with van der Waals surface area (Å²) in [7, 11) is 1.59. The van der Waals surface area contributed by atoms with Crippen LogP contribution in [0, 0.1) is 6.92 Å². The molecule has 0 spiro atoms. The fourth-order valence-corrected chi connectivity index (χ4v) is 4.38. The molecule has 0 fully saturated rings. The highest BCUT2D eigenvalue weighted by molar-refractivity contribution is 6.03. The quantitative estimate of drug-likeness (QED) is 0.607. The van der Waals surface area contributed by atoms with Crippen molar-refractivity contribution in [1.82, 2.24) is 0 Å². The molecule has 0 aromatic heterocycles. The van der Waals surface area contributed by atoms with Crippen LogP contribution in [-0.4, -0.2) is 25.5 Å². The number of allylic oxidation sites excluding steroid dienone is 2. The zero-order valence-electron chi connectivity index (χ0n) is 19.7. The summed E-state index contributed by atoms with van der Waals surface area (Å²) < 4.78 is 22.5. The number of carbonyl (C=O) groups excluding carboxylic acids is 2. The van der Waals surface area contributed by atoms with Crippen molar-refractivity contribution < 1.29 is 28.5 Å². The molecule has 1 heterocycles. The van der Waals surface area contributed by atoms with Crippen LogP contribution in [0.25, 0.3) is 0 Å². The van der Waals surface area contributed by atoms with Gasteiger partial charge in [-0.05, 0) is 50.1 Å². The number of hydrogen-bond donors (Lipinski definition) is 1. The number of rotatable bonds is 7. The highest BCUT2D eigenvalue weighted by Crippen LogP contribution is 2.44. The van der Waals surface area contributed by atoms with Crippen LogP contribution in [0.1, 0.15) is 48.8 Å². The van der Waals surface area contributed by atoms with Crippen molar-refractivity contribution in [1.29, 1.82) is 0 Å². The van der Waals surface area contributed by atoms with E-state index >= 15 is 0 Å². The van der Waals surface area contributed by atoms with E-state index in [2.05, 4.69) is 0 Å². The fraction of sp³-hybridized carbons (Fsp3) is 0.333. The first-order valence-electron chi connectivity index (χ1n) is 11.4. The molecule has 0 saturated heterocycles. The van der Waals surface area contributed by atoms with E-state index < -0.39 is 11.9 Å². The molecule has 1 aliphatic heterocycles. The molecule has 4 rings (SSSR count). The SMILES string of the molecule is CCOC(=O)C1=C(N)OC2=C(C(=O)CCC2)[C@@H]1c1ccc(OC)c(COc2ccc(C)cc2)c1. The Hall–Kier alpha value is -3.74. The lowest BCUT2D eigenvalue weighted by atomic mass is 9.77. The van der Waals surface area contributed by atoms with Crippen LogP contribution in [0.5, 0.6) is 11.5 Å². The van der Waals surface area contributed by atoms with E-state index in [9.17, 15) is 9.59 Å². The van der Waals surface area contributed by atoms with Gasteiger partial charge in [-0.2, -0.15) is 0 Å². The molecule has 2 aromatic carbocycles. The van der Waals surface area contributed by atoms with Gasteiger partial charge in [-0.1, -0.05) is 23.8 Å². The number of methoxy groups -OCH3 is 1. The molecule has 0 bridgehead atoms. The van der Waals surface area contributed by atoms with Gasteiger partial charge in [0.1, 0.15) is 29.4 Å². The molecule has 0 radical (unpaired) electrons. The number of carbonyl (C=O) groups is 2.